The van der Waals surface area contributed by atoms with Gasteiger partial charge in [0.25, 0.3) is 9.05 Å². The van der Waals surface area contributed by atoms with Gasteiger partial charge >= 0.3 is 35.5 Å². The number of aryl methyl sites for hydroxylation is 4. The Balaban J connectivity index is 0.000000325. The summed E-state index contributed by atoms with van der Waals surface area (Å²) in [5.41, 5.74) is 56.0. The van der Waals surface area contributed by atoms with Crippen LogP contribution in [0.25, 0.3) is 77.0 Å². The number of nitrogens with two attached hydrogens (primary N) is 4. The molecule has 514 valence electrons. The molecule has 0 saturated carbocycles. The fourth-order valence-electron chi connectivity index (χ4n) is 9.34. The molecule has 0 unspecified atom stereocenters. The average Bonchev–Trinajstić information content (AvgIpc) is 0.846. The summed E-state index contributed by atoms with van der Waals surface area (Å²) in [6.07, 6.45) is 8.68. The Bertz CT molecular complexity index is 4320. The quantitative estimate of drug-likeness (QED) is 0.00495. The van der Waals surface area contributed by atoms with Crippen molar-refractivity contribution in [3.8, 4) is 44.5 Å². The molecule has 0 radical (unpaired) electrons. The summed E-state index contributed by atoms with van der Waals surface area (Å²) in [5, 5.41) is 12.4. The maximum atomic E-state index is 13.1. The van der Waals surface area contributed by atoms with E-state index in [0.717, 1.165) is 74.9 Å². The van der Waals surface area contributed by atoms with Gasteiger partial charge < -0.3 is 43.8 Å². The first-order valence-electron chi connectivity index (χ1n) is 30.5. The third-order valence-electron chi connectivity index (χ3n) is 14.3. The van der Waals surface area contributed by atoms with Crippen molar-refractivity contribution >= 4 is 55.4 Å². The molecule has 0 aliphatic carbocycles. The van der Waals surface area contributed by atoms with E-state index in [1.807, 2.05) is 25.1 Å². The number of aliphatic hydroxyl groups excluding tert-OH is 1. The maximum absolute atomic E-state index is 13.1. The predicted molar refractivity (Wildman–Crippen MR) is 378 cm³/mol. The number of azide groups is 1. The standard InChI is InChI=1S/C18H16FNO3.C17H18FNO.C16H15FN4O.C16H16FNO2.C7H7ClO2S.N3.Na/c1-2-23-17(21)10-7-12-3-4-14(18(20)22)11-16(12)13-5-8-15(19)9-6-13;1-2-3-4-12-5-6-14(17(19)20)11-16(12)13-7-9-15(18)10-8-13;17-14-7-5-12(6-8-14)15-10-13(16(18)22)4-3-11(15)2-1-9-20-21-19;17-14-7-5-12(6-8-14)15-10-13(16(18)20)4-3-11(15)2-1-9-19;1-6-2-4-7(5-3-6)11(8,9)10;1-3-2;/h3-11H,2H2,1H3,(H2,20,22);5-11H,2-4H2,1H3,(H2,19,20);3-8,10H,1-2,9H2,(H2,18,22);3-8,10,19H,1-2,9H2,(H2,18,20);2-5H,1H3;;/q;;;;;-1;+1/b10-7+;;;;;;. The van der Waals surface area contributed by atoms with Gasteiger partial charge in [-0.2, -0.15) is 0 Å². The maximum Gasteiger partial charge on any atom is 1.00 e. The van der Waals surface area contributed by atoms with Crippen LogP contribution in [-0.4, -0.2) is 62.9 Å². The molecule has 0 aromatic heterocycles. The summed E-state index contributed by atoms with van der Waals surface area (Å²) in [4.78, 5) is 61.2. The number of esters is 1. The second-order valence-electron chi connectivity index (χ2n) is 21.3. The summed E-state index contributed by atoms with van der Waals surface area (Å²) in [7, 11) is 1.54. The Hall–Kier alpha value is -10.4. The molecule has 0 saturated heterocycles. The molecule has 0 heterocycles. The fourth-order valence-corrected chi connectivity index (χ4v) is 10.1. The van der Waals surface area contributed by atoms with Crippen molar-refractivity contribution < 1.29 is 89.4 Å². The zero-order valence-corrected chi connectivity index (χ0v) is 58.8. The SMILES string of the molecule is CCCCc1ccc(C(N)=O)cc1-c1ccc(F)cc1.CCOC(=O)/C=C/c1ccc(C(N)=O)cc1-c1ccc(F)cc1.Cc1ccc(S(=O)(=O)Cl)cc1.NC(=O)c1ccc(CCCO)c(-c2ccc(F)cc2)c1.[N-]=[N+]=NCCCc1ccc(C(N)=O)cc1-c1ccc(F)cc1.[N-]=[N+]=[N-].[Na+]. The number of hydrogen-bond acceptors (Lipinski definition) is 10. The minimum Gasteiger partial charge on any atom is -0.463 e. The molecule has 9 aromatic rings. The van der Waals surface area contributed by atoms with Crippen molar-refractivity contribution in [2.75, 3.05) is 19.8 Å². The first kappa shape index (κ1) is 83.8. The Kier molecular flexibility index (Phi) is 36.7. The van der Waals surface area contributed by atoms with Crippen LogP contribution in [0.3, 0.4) is 0 Å². The number of aliphatic hydroxyl groups is 1. The molecule has 9 N–H and O–H groups in total. The fraction of sp³-hybridized carbons (Fsp3) is 0.176. The summed E-state index contributed by atoms with van der Waals surface area (Å²) in [5.74, 6) is -3.73. The Morgan fingerprint density at radius 2 is 0.840 bits per heavy atom. The van der Waals surface area contributed by atoms with Gasteiger partial charge in [0.1, 0.15) is 23.3 Å². The van der Waals surface area contributed by atoms with Gasteiger partial charge in [0.15, 0.2) is 0 Å². The van der Waals surface area contributed by atoms with E-state index in [0.29, 0.717) is 71.2 Å². The van der Waals surface area contributed by atoms with E-state index in [4.69, 9.17) is 60.1 Å². The van der Waals surface area contributed by atoms with Crippen molar-refractivity contribution in [3.63, 3.8) is 0 Å². The van der Waals surface area contributed by atoms with E-state index < -0.39 is 38.6 Å². The van der Waals surface area contributed by atoms with E-state index >= 15 is 0 Å². The van der Waals surface area contributed by atoms with Gasteiger partial charge in [-0.1, -0.05) is 109 Å². The normalized spacial score (nSPS) is 10.2. The Morgan fingerprint density at radius 1 is 0.510 bits per heavy atom. The third-order valence-corrected chi connectivity index (χ3v) is 15.7. The minimum absolute atomic E-state index is 0. The molecule has 0 spiro atoms. The van der Waals surface area contributed by atoms with Crippen LogP contribution in [0.4, 0.5) is 17.6 Å². The molecule has 9 aromatic carbocycles. The number of hydrogen-bond donors (Lipinski definition) is 5. The van der Waals surface area contributed by atoms with Gasteiger partial charge in [-0.05, 0) is 240 Å². The third kappa shape index (κ3) is 28.6. The first-order valence-corrected chi connectivity index (χ1v) is 32.8. The van der Waals surface area contributed by atoms with Crippen LogP contribution in [0.5, 0.6) is 0 Å². The Labute approximate surface area is 603 Å². The molecule has 19 nitrogen and oxygen atoms in total. The van der Waals surface area contributed by atoms with E-state index in [9.17, 15) is 50.0 Å². The van der Waals surface area contributed by atoms with Crippen molar-refractivity contribution in [1.29, 1.82) is 0 Å². The number of nitrogens with zero attached hydrogens (tertiary/aromatic N) is 6. The summed E-state index contributed by atoms with van der Waals surface area (Å²) in [6.45, 7) is 6.52. The van der Waals surface area contributed by atoms with Crippen molar-refractivity contribution in [2.45, 2.75) is 70.6 Å². The second kappa shape index (κ2) is 43.8. The van der Waals surface area contributed by atoms with Crippen LogP contribution in [0, 0.1) is 30.2 Å². The van der Waals surface area contributed by atoms with Crippen LogP contribution in [0.1, 0.15) is 109 Å². The smallest absolute Gasteiger partial charge is 0.463 e. The number of carbonyl (C=O) groups is 5. The topological polar surface area (TPSA) is 360 Å². The van der Waals surface area contributed by atoms with Gasteiger partial charge in [0.2, 0.25) is 23.6 Å². The van der Waals surface area contributed by atoms with Crippen molar-refractivity contribution in [1.82, 2.24) is 0 Å². The molecule has 0 fully saturated rings. The Morgan fingerprint density at radius 3 is 1.16 bits per heavy atom. The van der Waals surface area contributed by atoms with Gasteiger partial charge in [-0.3, -0.25) is 24.1 Å². The summed E-state index contributed by atoms with van der Waals surface area (Å²) < 4.78 is 78.5. The molecule has 26 heteroatoms. The van der Waals surface area contributed by atoms with E-state index in [1.165, 1.54) is 71.7 Å². The number of rotatable bonds is 22. The summed E-state index contributed by atoms with van der Waals surface area (Å²) in [6, 6.07) is 51.4. The minimum atomic E-state index is -3.55. The number of ether oxygens (including phenoxy) is 1. The summed E-state index contributed by atoms with van der Waals surface area (Å²) >= 11 is 0. The van der Waals surface area contributed by atoms with Crippen molar-refractivity contribution in [2.24, 2.45) is 28.0 Å². The molecule has 0 bridgehead atoms. The molecule has 0 aliphatic rings. The first-order chi connectivity index (χ1) is 47.3. The van der Waals surface area contributed by atoms with Crippen molar-refractivity contribution in [3.05, 3.63) is 300 Å². The van der Waals surface area contributed by atoms with Crippen LogP contribution < -0.4 is 52.5 Å². The van der Waals surface area contributed by atoms with Crippen LogP contribution in [0.15, 0.2) is 210 Å². The van der Waals surface area contributed by atoms with E-state index in [1.54, 1.807) is 128 Å². The predicted octanol–water partition coefficient (Wildman–Crippen LogP) is 13.2. The largest absolute Gasteiger partial charge is 1.00 e. The van der Waals surface area contributed by atoms with E-state index in [-0.39, 0.29) is 70.9 Å². The number of halogens is 5. The molecule has 4 amide bonds. The zero-order valence-electron chi connectivity index (χ0n) is 55.2. The second-order valence-corrected chi connectivity index (χ2v) is 23.9. The molecular formula is C74H72ClF4N10NaO9S. The molecule has 0 aliphatic heterocycles. The van der Waals surface area contributed by atoms with Gasteiger partial charge in [-0.25, -0.2) is 30.8 Å². The molecule has 100 heavy (non-hydrogen) atoms. The van der Waals surface area contributed by atoms with Crippen LogP contribution in [0.2, 0.25) is 0 Å². The van der Waals surface area contributed by atoms with Gasteiger partial charge in [-0.15, -0.1) is 0 Å². The zero-order chi connectivity index (χ0) is 73.0. The molecule has 9 rings (SSSR count). The number of carbonyl (C=O) groups excluding carboxylic acids is 5. The number of primary amides is 4. The number of unbranched alkanes of at least 4 members (excludes halogenated alkanes) is 1. The molecular weight excluding hydrogens is 1340 g/mol. The monoisotopic (exact) mass is 1410 g/mol. The average molecular weight is 1410 g/mol. The van der Waals surface area contributed by atoms with Gasteiger partial charge in [0.05, 0.1) is 11.5 Å². The number of amides is 4. The number of benzene rings is 9. The van der Waals surface area contributed by atoms with Gasteiger partial charge in [0, 0.05) is 57.1 Å². The van der Waals surface area contributed by atoms with E-state index in [2.05, 4.69) is 16.9 Å². The van der Waals surface area contributed by atoms with Crippen LogP contribution in [-0.2, 0) is 37.8 Å². The van der Waals surface area contributed by atoms with Crippen LogP contribution >= 0.6 is 10.7 Å². The molecule has 0 atom stereocenters.